The smallest absolute Gasteiger partial charge is 0.407 e. The van der Waals surface area contributed by atoms with E-state index < -0.39 is 11.7 Å². The Kier molecular flexibility index (Phi) is 6.63. The Labute approximate surface area is 136 Å². The fourth-order valence-electron chi connectivity index (χ4n) is 1.85. The summed E-state index contributed by atoms with van der Waals surface area (Å²) in [7, 11) is 3.03. The topological polar surface area (TPSA) is 73.9 Å². The van der Waals surface area contributed by atoms with Crippen molar-refractivity contribution in [3.05, 3.63) is 29.3 Å². The molecule has 1 amide bonds. The number of rotatable bonds is 6. The Bertz CT molecular complexity index is 587. The highest BCUT2D eigenvalue weighted by atomic mass is 16.6. The Morgan fingerprint density at radius 1 is 1.22 bits per heavy atom. The summed E-state index contributed by atoms with van der Waals surface area (Å²) in [6.07, 6.45) is 3.72. The monoisotopic (exact) mass is 321 g/mol. The van der Waals surface area contributed by atoms with Crippen LogP contribution in [0.4, 0.5) is 4.79 Å². The van der Waals surface area contributed by atoms with Gasteiger partial charge in [-0.05, 0) is 32.9 Å². The molecule has 0 atom stereocenters. The van der Waals surface area contributed by atoms with Crippen LogP contribution in [0.3, 0.4) is 0 Å². The predicted molar refractivity (Wildman–Crippen MR) is 88.2 cm³/mol. The Morgan fingerprint density at radius 3 is 2.43 bits per heavy atom. The van der Waals surface area contributed by atoms with Crippen LogP contribution in [0.25, 0.3) is 6.08 Å². The van der Waals surface area contributed by atoms with Crippen LogP contribution in [0.2, 0.25) is 0 Å². The maximum Gasteiger partial charge on any atom is 0.407 e. The molecule has 0 heterocycles. The van der Waals surface area contributed by atoms with Crippen molar-refractivity contribution < 1.29 is 23.8 Å². The molecule has 1 aromatic carbocycles. The van der Waals surface area contributed by atoms with Gasteiger partial charge >= 0.3 is 6.09 Å². The minimum Gasteiger partial charge on any atom is -0.493 e. The van der Waals surface area contributed by atoms with E-state index >= 15 is 0 Å². The minimum absolute atomic E-state index is 0.283. The van der Waals surface area contributed by atoms with Crippen LogP contribution in [0.1, 0.15) is 36.7 Å². The predicted octanol–water partition coefficient (Wildman–Crippen LogP) is 3.05. The number of methoxy groups -OCH3 is 2. The van der Waals surface area contributed by atoms with Crippen molar-refractivity contribution in [1.82, 2.24) is 5.32 Å². The minimum atomic E-state index is -0.539. The van der Waals surface area contributed by atoms with E-state index in [9.17, 15) is 9.59 Å². The summed E-state index contributed by atoms with van der Waals surface area (Å²) in [4.78, 5) is 22.5. The maximum absolute atomic E-state index is 11.5. The van der Waals surface area contributed by atoms with E-state index in [0.717, 1.165) is 6.29 Å². The number of carbonyl (C=O) groups excluding carboxylic acids is 2. The van der Waals surface area contributed by atoms with Gasteiger partial charge in [0, 0.05) is 17.7 Å². The molecule has 0 saturated heterocycles. The van der Waals surface area contributed by atoms with Gasteiger partial charge in [-0.15, -0.1) is 0 Å². The van der Waals surface area contributed by atoms with Gasteiger partial charge in [0.15, 0.2) is 11.5 Å². The molecule has 0 unspecified atom stereocenters. The molecule has 0 bridgehead atoms. The summed E-state index contributed by atoms with van der Waals surface area (Å²) in [5, 5.41) is 2.61. The zero-order valence-electron chi connectivity index (χ0n) is 14.1. The van der Waals surface area contributed by atoms with Gasteiger partial charge in [-0.3, -0.25) is 4.79 Å². The van der Waals surface area contributed by atoms with E-state index in [2.05, 4.69) is 5.32 Å². The maximum atomic E-state index is 11.5. The number of alkyl carbamates (subject to hydrolysis) is 1. The Morgan fingerprint density at radius 2 is 1.91 bits per heavy atom. The van der Waals surface area contributed by atoms with Crippen LogP contribution in [-0.2, 0) is 4.74 Å². The highest BCUT2D eigenvalue weighted by Crippen LogP contribution is 2.33. The summed E-state index contributed by atoms with van der Waals surface area (Å²) >= 11 is 0. The first kappa shape index (κ1) is 18.5. The average Bonchev–Trinajstić information content (AvgIpc) is 2.48. The molecule has 0 spiro atoms. The normalized spacial score (nSPS) is 11.2. The lowest BCUT2D eigenvalue weighted by Crippen LogP contribution is -2.32. The largest absolute Gasteiger partial charge is 0.493 e. The van der Waals surface area contributed by atoms with Crippen LogP contribution in [-0.4, -0.2) is 38.7 Å². The molecule has 0 aliphatic carbocycles. The number of amides is 1. The molecule has 0 aliphatic heterocycles. The number of hydrogen-bond acceptors (Lipinski definition) is 5. The van der Waals surface area contributed by atoms with Crippen LogP contribution in [0.5, 0.6) is 11.5 Å². The van der Waals surface area contributed by atoms with Crippen LogP contribution < -0.4 is 14.8 Å². The molecule has 1 rings (SSSR count). The zero-order chi connectivity index (χ0) is 17.5. The van der Waals surface area contributed by atoms with Gasteiger partial charge in [0.05, 0.1) is 14.2 Å². The first-order chi connectivity index (χ1) is 10.8. The van der Waals surface area contributed by atoms with Crippen LogP contribution >= 0.6 is 0 Å². The van der Waals surface area contributed by atoms with Gasteiger partial charge in [0.2, 0.25) is 0 Å². The first-order valence-electron chi connectivity index (χ1n) is 7.15. The lowest BCUT2D eigenvalue weighted by molar-refractivity contribution is 0.0534. The molecule has 0 fully saturated rings. The summed E-state index contributed by atoms with van der Waals surface area (Å²) in [6.45, 7) is 5.67. The fraction of sp³-hybridized carbons (Fsp3) is 0.412. The van der Waals surface area contributed by atoms with Crippen molar-refractivity contribution in [1.29, 1.82) is 0 Å². The second-order valence-corrected chi connectivity index (χ2v) is 5.75. The van der Waals surface area contributed by atoms with E-state index in [4.69, 9.17) is 14.2 Å². The Balaban J connectivity index is 2.79. The van der Waals surface area contributed by atoms with Crippen molar-refractivity contribution in [3.63, 3.8) is 0 Å². The average molecular weight is 321 g/mol. The van der Waals surface area contributed by atoms with Crippen molar-refractivity contribution in [3.8, 4) is 11.5 Å². The van der Waals surface area contributed by atoms with Gasteiger partial charge in [-0.1, -0.05) is 12.2 Å². The van der Waals surface area contributed by atoms with Crippen molar-refractivity contribution >= 4 is 18.5 Å². The summed E-state index contributed by atoms with van der Waals surface area (Å²) in [5.74, 6) is 0.989. The lowest BCUT2D eigenvalue weighted by Gasteiger charge is -2.19. The molecule has 23 heavy (non-hydrogen) atoms. The molecule has 1 N–H and O–H groups in total. The first-order valence-corrected chi connectivity index (χ1v) is 7.15. The Hall–Kier alpha value is -2.50. The quantitative estimate of drug-likeness (QED) is 0.815. The number of hydrogen-bond donors (Lipinski definition) is 1. The van der Waals surface area contributed by atoms with Gasteiger partial charge in [-0.25, -0.2) is 4.79 Å². The van der Waals surface area contributed by atoms with Gasteiger partial charge < -0.3 is 19.5 Å². The van der Waals surface area contributed by atoms with Gasteiger partial charge in [0.1, 0.15) is 11.9 Å². The lowest BCUT2D eigenvalue weighted by atomic mass is 10.1. The molecule has 0 aromatic heterocycles. The second-order valence-electron chi connectivity index (χ2n) is 5.75. The van der Waals surface area contributed by atoms with E-state index in [0.29, 0.717) is 22.6 Å². The van der Waals surface area contributed by atoms with Crippen molar-refractivity contribution in [2.75, 3.05) is 20.8 Å². The highest BCUT2D eigenvalue weighted by molar-refractivity contribution is 5.80. The SMILES string of the molecule is COc1cc(C=O)cc(C=CCNC(=O)OC(C)(C)C)c1OC. The molecule has 0 radical (unpaired) electrons. The van der Waals surface area contributed by atoms with Crippen molar-refractivity contribution in [2.45, 2.75) is 26.4 Å². The number of aldehydes is 1. The van der Waals surface area contributed by atoms with Crippen molar-refractivity contribution in [2.24, 2.45) is 0 Å². The van der Waals surface area contributed by atoms with Gasteiger partial charge in [-0.2, -0.15) is 0 Å². The third-order valence-corrected chi connectivity index (χ3v) is 2.73. The third kappa shape index (κ3) is 6.02. The van der Waals surface area contributed by atoms with E-state index in [1.54, 1.807) is 45.1 Å². The molecule has 1 aromatic rings. The van der Waals surface area contributed by atoms with Crippen LogP contribution in [0.15, 0.2) is 18.2 Å². The molecular weight excluding hydrogens is 298 g/mol. The summed E-state index contributed by atoms with van der Waals surface area (Å²) < 4.78 is 15.7. The van der Waals surface area contributed by atoms with E-state index in [1.807, 2.05) is 0 Å². The molecule has 6 heteroatoms. The molecule has 6 nitrogen and oxygen atoms in total. The number of carbonyl (C=O) groups is 2. The van der Waals surface area contributed by atoms with Crippen LogP contribution in [0, 0.1) is 0 Å². The van der Waals surface area contributed by atoms with E-state index in [1.165, 1.54) is 14.2 Å². The standard InChI is InChI=1S/C17H23NO5/c1-17(2,3)23-16(20)18-8-6-7-13-9-12(11-19)10-14(21-4)15(13)22-5/h6-7,9-11H,8H2,1-5H3,(H,18,20). The number of ether oxygens (including phenoxy) is 3. The van der Waals surface area contributed by atoms with Gasteiger partial charge in [0.25, 0.3) is 0 Å². The molecule has 126 valence electrons. The summed E-state index contributed by atoms with van der Waals surface area (Å²) in [5.41, 5.74) is 0.616. The fourth-order valence-corrected chi connectivity index (χ4v) is 1.85. The highest BCUT2D eigenvalue weighted by Gasteiger charge is 2.15. The number of benzene rings is 1. The molecular formula is C17H23NO5. The van der Waals surface area contributed by atoms with E-state index in [-0.39, 0.29) is 6.54 Å². The molecule has 0 saturated carbocycles. The third-order valence-electron chi connectivity index (χ3n) is 2.73. The molecule has 0 aliphatic rings. The zero-order valence-corrected chi connectivity index (χ0v) is 14.1. The second kappa shape index (κ2) is 8.22. The number of nitrogens with one attached hydrogen (secondary N) is 1. The summed E-state index contributed by atoms with van der Waals surface area (Å²) in [6, 6.07) is 3.28.